The lowest BCUT2D eigenvalue weighted by Crippen LogP contribution is -1.96. The average molecular weight is 327 g/mol. The fourth-order valence-corrected chi connectivity index (χ4v) is 3.37. The summed E-state index contributed by atoms with van der Waals surface area (Å²) in [6.45, 7) is 2.00. The Kier molecular flexibility index (Phi) is 4.30. The maximum Gasteiger partial charge on any atom is 0.162 e. The van der Waals surface area contributed by atoms with Crippen LogP contribution in [0.15, 0.2) is 58.5 Å². The molecule has 5 heteroatoms. The van der Waals surface area contributed by atoms with Gasteiger partial charge in [-0.1, -0.05) is 17.7 Å². The summed E-state index contributed by atoms with van der Waals surface area (Å²) in [4.78, 5) is 5.82. The number of aromatic nitrogens is 1. The second-order valence-corrected chi connectivity index (χ2v) is 6.63. The van der Waals surface area contributed by atoms with E-state index in [-0.39, 0.29) is 0 Å². The average Bonchev–Trinajstić information content (AvgIpc) is 2.60. The largest absolute Gasteiger partial charge is 0.493 e. The summed E-state index contributed by atoms with van der Waals surface area (Å²) in [6, 6.07) is 13.2. The van der Waals surface area contributed by atoms with Crippen molar-refractivity contribution in [3.05, 3.63) is 54.2 Å². The van der Waals surface area contributed by atoms with Gasteiger partial charge in [-0.2, -0.15) is 0 Å². The Bertz CT molecular complexity index is 875. The molecule has 0 fully saturated rings. The standard InChI is InChI=1S/C18H17NO3S/c1-12-4-6-14(7-5-12)23(20)15-8-13-9-17(21-2)18(22-3)10-16(13)19-11-15/h4-11H,1-3H3/t23-/m1/s1. The van der Waals surface area contributed by atoms with E-state index in [0.717, 1.165) is 21.4 Å². The third-order valence-corrected chi connectivity index (χ3v) is 4.96. The van der Waals surface area contributed by atoms with E-state index in [1.807, 2.05) is 49.4 Å². The van der Waals surface area contributed by atoms with Gasteiger partial charge in [0, 0.05) is 22.5 Å². The van der Waals surface area contributed by atoms with Crippen molar-refractivity contribution in [1.29, 1.82) is 0 Å². The highest BCUT2D eigenvalue weighted by atomic mass is 32.2. The summed E-state index contributed by atoms with van der Waals surface area (Å²) in [6.07, 6.45) is 1.64. The summed E-state index contributed by atoms with van der Waals surface area (Å²) >= 11 is 0. The zero-order valence-corrected chi connectivity index (χ0v) is 14.0. The molecule has 0 spiro atoms. The van der Waals surface area contributed by atoms with E-state index in [9.17, 15) is 4.21 Å². The molecule has 0 saturated heterocycles. The number of methoxy groups -OCH3 is 2. The van der Waals surface area contributed by atoms with Crippen molar-refractivity contribution in [2.24, 2.45) is 0 Å². The van der Waals surface area contributed by atoms with Gasteiger partial charge in [0.15, 0.2) is 11.5 Å². The number of pyridine rings is 1. The Morgan fingerprint density at radius 1 is 0.913 bits per heavy atom. The molecule has 0 saturated carbocycles. The molecule has 1 atom stereocenters. The number of hydrogen-bond acceptors (Lipinski definition) is 4. The second-order valence-electron chi connectivity index (χ2n) is 5.15. The molecule has 0 aliphatic heterocycles. The van der Waals surface area contributed by atoms with Gasteiger partial charge in [0.1, 0.15) is 0 Å². The smallest absolute Gasteiger partial charge is 0.162 e. The van der Waals surface area contributed by atoms with Gasteiger partial charge in [0.05, 0.1) is 35.4 Å². The van der Waals surface area contributed by atoms with Crippen LogP contribution in [0.1, 0.15) is 5.56 Å². The highest BCUT2D eigenvalue weighted by Crippen LogP contribution is 2.32. The SMILES string of the molecule is COc1cc2cc([S@](=O)c3ccc(C)cc3)cnc2cc1OC. The predicted octanol–water partition coefficient (Wildman–Crippen LogP) is 3.73. The highest BCUT2D eigenvalue weighted by molar-refractivity contribution is 7.85. The first-order valence-electron chi connectivity index (χ1n) is 7.12. The summed E-state index contributed by atoms with van der Waals surface area (Å²) in [5, 5.41) is 0.862. The molecule has 0 aliphatic carbocycles. The minimum Gasteiger partial charge on any atom is -0.493 e. The number of fused-ring (bicyclic) bond motifs is 1. The Morgan fingerprint density at radius 2 is 1.57 bits per heavy atom. The van der Waals surface area contributed by atoms with Crippen LogP contribution < -0.4 is 9.47 Å². The third kappa shape index (κ3) is 3.05. The number of ether oxygens (including phenoxy) is 2. The van der Waals surface area contributed by atoms with E-state index in [2.05, 4.69) is 4.98 Å². The lowest BCUT2D eigenvalue weighted by molar-refractivity contribution is 0.356. The van der Waals surface area contributed by atoms with Crippen LogP contribution in [0, 0.1) is 6.92 Å². The molecule has 0 amide bonds. The first-order chi connectivity index (χ1) is 11.1. The van der Waals surface area contributed by atoms with Crippen LogP contribution in [0.3, 0.4) is 0 Å². The molecular weight excluding hydrogens is 310 g/mol. The summed E-state index contributed by atoms with van der Waals surface area (Å²) in [5.74, 6) is 1.25. The minimum atomic E-state index is -1.26. The van der Waals surface area contributed by atoms with Crippen molar-refractivity contribution in [1.82, 2.24) is 4.98 Å². The van der Waals surface area contributed by atoms with E-state index in [4.69, 9.17) is 9.47 Å². The Balaban J connectivity index is 2.05. The fourth-order valence-electron chi connectivity index (χ4n) is 2.33. The number of rotatable bonds is 4. The van der Waals surface area contributed by atoms with Crippen molar-refractivity contribution in [2.45, 2.75) is 16.7 Å². The first-order valence-corrected chi connectivity index (χ1v) is 8.27. The predicted molar refractivity (Wildman–Crippen MR) is 90.7 cm³/mol. The number of hydrogen-bond donors (Lipinski definition) is 0. The molecule has 3 aromatic rings. The maximum absolute atomic E-state index is 12.7. The van der Waals surface area contributed by atoms with Gasteiger partial charge in [-0.25, -0.2) is 4.21 Å². The van der Waals surface area contributed by atoms with Gasteiger partial charge >= 0.3 is 0 Å². The Labute approximate surface area is 137 Å². The quantitative estimate of drug-likeness (QED) is 0.732. The van der Waals surface area contributed by atoms with Crippen LogP contribution in [0.4, 0.5) is 0 Å². The van der Waals surface area contributed by atoms with E-state index in [1.54, 1.807) is 20.4 Å². The summed E-state index contributed by atoms with van der Waals surface area (Å²) < 4.78 is 23.3. The van der Waals surface area contributed by atoms with Crippen molar-refractivity contribution in [2.75, 3.05) is 14.2 Å². The first kappa shape index (κ1) is 15.5. The molecule has 3 rings (SSSR count). The molecule has 23 heavy (non-hydrogen) atoms. The van der Waals surface area contributed by atoms with Crippen LogP contribution >= 0.6 is 0 Å². The number of benzene rings is 2. The summed E-state index contributed by atoms with van der Waals surface area (Å²) in [5.41, 5.74) is 1.91. The topological polar surface area (TPSA) is 48.4 Å². The lowest BCUT2D eigenvalue weighted by Gasteiger charge is -2.09. The van der Waals surface area contributed by atoms with E-state index in [0.29, 0.717) is 16.4 Å². The fraction of sp³-hybridized carbons (Fsp3) is 0.167. The lowest BCUT2D eigenvalue weighted by atomic mass is 10.2. The molecule has 4 nitrogen and oxygen atoms in total. The molecule has 1 aromatic heterocycles. The van der Waals surface area contributed by atoms with Crippen LogP contribution in [0.5, 0.6) is 11.5 Å². The van der Waals surface area contributed by atoms with E-state index >= 15 is 0 Å². The Hall–Kier alpha value is -2.40. The molecule has 118 valence electrons. The van der Waals surface area contributed by atoms with Gasteiger partial charge in [0.25, 0.3) is 0 Å². The normalized spacial score (nSPS) is 12.1. The molecule has 2 aromatic carbocycles. The van der Waals surface area contributed by atoms with Crippen LogP contribution in [0.2, 0.25) is 0 Å². The molecule has 0 N–H and O–H groups in total. The Morgan fingerprint density at radius 3 is 2.22 bits per heavy atom. The third-order valence-electron chi connectivity index (χ3n) is 3.61. The van der Waals surface area contributed by atoms with Gasteiger partial charge in [0.2, 0.25) is 0 Å². The summed E-state index contributed by atoms with van der Waals surface area (Å²) in [7, 11) is 1.92. The molecule has 0 aliphatic rings. The number of aryl methyl sites for hydroxylation is 1. The van der Waals surface area contributed by atoms with E-state index in [1.165, 1.54) is 0 Å². The van der Waals surface area contributed by atoms with Crippen LogP contribution in [-0.2, 0) is 10.8 Å². The molecule has 0 bridgehead atoms. The van der Waals surface area contributed by atoms with Crippen molar-refractivity contribution in [3.8, 4) is 11.5 Å². The van der Waals surface area contributed by atoms with Crippen molar-refractivity contribution in [3.63, 3.8) is 0 Å². The minimum absolute atomic E-state index is 0.625. The zero-order chi connectivity index (χ0) is 16.4. The van der Waals surface area contributed by atoms with Gasteiger partial charge in [-0.3, -0.25) is 4.98 Å². The van der Waals surface area contributed by atoms with Crippen LogP contribution in [-0.4, -0.2) is 23.4 Å². The monoisotopic (exact) mass is 327 g/mol. The second kappa shape index (κ2) is 6.38. The molecular formula is C18H17NO3S. The van der Waals surface area contributed by atoms with Gasteiger partial charge < -0.3 is 9.47 Å². The molecule has 1 heterocycles. The number of nitrogens with zero attached hydrogens (tertiary/aromatic N) is 1. The molecule has 0 unspecified atom stereocenters. The van der Waals surface area contributed by atoms with Crippen LogP contribution in [0.25, 0.3) is 10.9 Å². The van der Waals surface area contributed by atoms with Crippen molar-refractivity contribution >= 4 is 21.7 Å². The van der Waals surface area contributed by atoms with Gasteiger partial charge in [-0.15, -0.1) is 0 Å². The zero-order valence-electron chi connectivity index (χ0n) is 13.2. The molecule has 0 radical (unpaired) electrons. The maximum atomic E-state index is 12.7. The highest BCUT2D eigenvalue weighted by Gasteiger charge is 2.11. The van der Waals surface area contributed by atoms with E-state index < -0.39 is 10.8 Å². The van der Waals surface area contributed by atoms with Crippen molar-refractivity contribution < 1.29 is 13.7 Å². The van der Waals surface area contributed by atoms with Gasteiger partial charge in [-0.05, 0) is 31.2 Å².